The van der Waals surface area contributed by atoms with Crippen molar-refractivity contribution in [1.82, 2.24) is 5.32 Å². The van der Waals surface area contributed by atoms with Crippen molar-refractivity contribution < 1.29 is 4.79 Å². The van der Waals surface area contributed by atoms with E-state index in [1.165, 1.54) is 24.0 Å². The normalized spacial score (nSPS) is 25.6. The van der Waals surface area contributed by atoms with Gasteiger partial charge in [0.2, 0.25) is 5.91 Å². The van der Waals surface area contributed by atoms with Gasteiger partial charge in [0.25, 0.3) is 0 Å². The van der Waals surface area contributed by atoms with Crippen LogP contribution >= 0.6 is 24.0 Å². The molecule has 1 amide bonds. The number of benzene rings is 1. The highest BCUT2D eigenvalue weighted by Crippen LogP contribution is 2.38. The van der Waals surface area contributed by atoms with Crippen LogP contribution in [0.3, 0.4) is 0 Å². The van der Waals surface area contributed by atoms with Crippen LogP contribution in [0.1, 0.15) is 40.2 Å². The Morgan fingerprint density at radius 3 is 3.00 bits per heavy atom. The van der Waals surface area contributed by atoms with E-state index in [4.69, 9.17) is 5.73 Å². The lowest BCUT2D eigenvalue weighted by Gasteiger charge is -2.27. The van der Waals surface area contributed by atoms with Crippen molar-refractivity contribution in [1.29, 1.82) is 0 Å². The summed E-state index contributed by atoms with van der Waals surface area (Å²) in [5, 5.41) is 3.56. The molecule has 3 rings (SSSR count). The molecule has 2 aliphatic rings. The number of carbonyl (C=O) groups is 1. The molecule has 1 saturated heterocycles. The van der Waals surface area contributed by atoms with Crippen LogP contribution in [-0.4, -0.2) is 18.5 Å². The predicted molar refractivity (Wildman–Crippen MR) is 77.8 cm³/mol. The first-order chi connectivity index (χ1) is 7.75. The molecule has 0 bridgehead atoms. The third-order valence-corrected chi connectivity index (χ3v) is 3.85. The van der Waals surface area contributed by atoms with Gasteiger partial charge in [-0.3, -0.25) is 4.79 Å². The first-order valence-corrected chi connectivity index (χ1v) is 5.92. The third kappa shape index (κ3) is 2.20. The number of fused-ring (bicyclic) bond motifs is 3. The van der Waals surface area contributed by atoms with Gasteiger partial charge in [0.1, 0.15) is 0 Å². The zero-order chi connectivity index (χ0) is 11.1. The van der Waals surface area contributed by atoms with E-state index in [1.54, 1.807) is 0 Å². The van der Waals surface area contributed by atoms with Gasteiger partial charge in [-0.25, -0.2) is 0 Å². The Bertz CT molecular complexity index is 447. The highest BCUT2D eigenvalue weighted by Gasteiger charge is 2.34. The van der Waals surface area contributed by atoms with Crippen LogP contribution in [0.15, 0.2) is 18.2 Å². The average molecular weight is 344 g/mol. The Morgan fingerprint density at radius 2 is 2.24 bits per heavy atom. The lowest BCUT2D eigenvalue weighted by molar-refractivity contribution is 0.1000. The molecule has 17 heavy (non-hydrogen) atoms. The standard InChI is InChI=1S/C13H16N2O.HI/c14-13(16)9-4-3-8-7-12-10(11(8)6-9)2-1-5-15-12;/h3-4,6,10,12,15H,1-2,5,7H2,(H2,14,16);1H. The minimum absolute atomic E-state index is 0. The van der Waals surface area contributed by atoms with Crippen LogP contribution in [-0.2, 0) is 6.42 Å². The predicted octanol–water partition coefficient (Wildman–Crippen LogP) is 1.80. The molecule has 2 atom stereocenters. The van der Waals surface area contributed by atoms with E-state index in [2.05, 4.69) is 11.4 Å². The summed E-state index contributed by atoms with van der Waals surface area (Å²) < 4.78 is 0. The summed E-state index contributed by atoms with van der Waals surface area (Å²) in [4.78, 5) is 11.2. The quantitative estimate of drug-likeness (QED) is 0.764. The zero-order valence-electron chi connectivity index (χ0n) is 9.61. The number of piperidine rings is 1. The molecule has 2 unspecified atom stereocenters. The molecule has 1 aliphatic carbocycles. The molecule has 1 heterocycles. The van der Waals surface area contributed by atoms with Gasteiger partial charge in [0, 0.05) is 11.6 Å². The number of rotatable bonds is 1. The molecule has 4 heteroatoms. The average Bonchev–Trinajstić information content (AvgIpc) is 2.66. The molecule has 1 aliphatic heterocycles. The molecule has 0 saturated carbocycles. The van der Waals surface area contributed by atoms with Crippen molar-refractivity contribution >= 4 is 29.9 Å². The number of hydrogen-bond donors (Lipinski definition) is 2. The molecule has 1 aromatic carbocycles. The summed E-state index contributed by atoms with van der Waals surface area (Å²) in [7, 11) is 0. The molecular weight excluding hydrogens is 327 g/mol. The second-order valence-corrected chi connectivity index (χ2v) is 4.79. The van der Waals surface area contributed by atoms with Gasteiger partial charge in [0.15, 0.2) is 0 Å². The van der Waals surface area contributed by atoms with Crippen LogP contribution in [0.4, 0.5) is 0 Å². The van der Waals surface area contributed by atoms with Gasteiger partial charge in [-0.15, -0.1) is 24.0 Å². The Labute approximate surface area is 118 Å². The largest absolute Gasteiger partial charge is 0.366 e. The topological polar surface area (TPSA) is 55.1 Å². The van der Waals surface area contributed by atoms with Crippen LogP contribution in [0.2, 0.25) is 0 Å². The fourth-order valence-corrected chi connectivity index (χ4v) is 3.06. The maximum Gasteiger partial charge on any atom is 0.248 e. The van der Waals surface area contributed by atoms with Gasteiger partial charge in [-0.05, 0) is 55.0 Å². The first kappa shape index (κ1) is 12.8. The molecule has 0 radical (unpaired) electrons. The van der Waals surface area contributed by atoms with Gasteiger partial charge < -0.3 is 11.1 Å². The number of amides is 1. The number of nitrogens with two attached hydrogens (primary N) is 1. The first-order valence-electron chi connectivity index (χ1n) is 5.92. The van der Waals surface area contributed by atoms with Crippen LogP contribution in [0.5, 0.6) is 0 Å². The van der Waals surface area contributed by atoms with Crippen molar-refractivity contribution in [3.8, 4) is 0 Å². The molecule has 1 aromatic rings. The highest BCUT2D eigenvalue weighted by molar-refractivity contribution is 14.0. The van der Waals surface area contributed by atoms with Gasteiger partial charge in [-0.1, -0.05) is 6.07 Å². The van der Waals surface area contributed by atoms with E-state index in [-0.39, 0.29) is 29.9 Å². The number of halogens is 1. The zero-order valence-corrected chi connectivity index (χ0v) is 11.9. The van der Waals surface area contributed by atoms with Gasteiger partial charge >= 0.3 is 0 Å². The van der Waals surface area contributed by atoms with Crippen LogP contribution in [0.25, 0.3) is 0 Å². The van der Waals surface area contributed by atoms with Crippen LogP contribution in [0, 0.1) is 0 Å². The van der Waals surface area contributed by atoms with Crippen molar-refractivity contribution in [3.63, 3.8) is 0 Å². The fraction of sp³-hybridized carbons (Fsp3) is 0.462. The van der Waals surface area contributed by atoms with E-state index in [0.29, 0.717) is 17.5 Å². The maximum atomic E-state index is 11.2. The molecule has 92 valence electrons. The van der Waals surface area contributed by atoms with Crippen molar-refractivity contribution in [3.05, 3.63) is 34.9 Å². The number of primary amides is 1. The Balaban J connectivity index is 0.00000108. The molecule has 3 nitrogen and oxygen atoms in total. The summed E-state index contributed by atoms with van der Waals surface area (Å²) in [6, 6.07) is 6.48. The van der Waals surface area contributed by atoms with E-state index in [0.717, 1.165) is 13.0 Å². The van der Waals surface area contributed by atoms with E-state index < -0.39 is 0 Å². The van der Waals surface area contributed by atoms with Crippen molar-refractivity contribution in [2.75, 3.05) is 6.54 Å². The highest BCUT2D eigenvalue weighted by atomic mass is 127. The maximum absolute atomic E-state index is 11.2. The summed E-state index contributed by atoms with van der Waals surface area (Å²) >= 11 is 0. The minimum atomic E-state index is -0.324. The van der Waals surface area contributed by atoms with Crippen molar-refractivity contribution in [2.45, 2.75) is 31.2 Å². The summed E-state index contributed by atoms with van der Waals surface area (Å²) in [6.45, 7) is 1.12. The Hall–Kier alpha value is -0.620. The fourth-order valence-electron chi connectivity index (χ4n) is 3.06. The minimum Gasteiger partial charge on any atom is -0.366 e. The molecule has 3 N–H and O–H groups in total. The lowest BCUT2D eigenvalue weighted by Crippen LogP contribution is -2.37. The smallest absolute Gasteiger partial charge is 0.248 e. The van der Waals surface area contributed by atoms with Crippen molar-refractivity contribution in [2.24, 2.45) is 5.73 Å². The number of carbonyl (C=O) groups excluding carboxylic acids is 1. The van der Waals surface area contributed by atoms with E-state index in [1.807, 2.05) is 12.1 Å². The molecule has 0 aromatic heterocycles. The Kier molecular flexibility index (Phi) is 3.73. The second kappa shape index (κ2) is 4.94. The lowest BCUT2D eigenvalue weighted by atomic mass is 9.89. The Morgan fingerprint density at radius 1 is 1.41 bits per heavy atom. The summed E-state index contributed by atoms with van der Waals surface area (Å²) in [5.41, 5.74) is 8.69. The molecule has 1 fully saturated rings. The van der Waals surface area contributed by atoms with Gasteiger partial charge in [0.05, 0.1) is 0 Å². The van der Waals surface area contributed by atoms with Crippen LogP contribution < -0.4 is 11.1 Å². The second-order valence-electron chi connectivity index (χ2n) is 4.79. The monoisotopic (exact) mass is 344 g/mol. The number of nitrogens with one attached hydrogen (secondary N) is 1. The van der Waals surface area contributed by atoms with E-state index in [9.17, 15) is 4.79 Å². The SMILES string of the molecule is I.NC(=O)c1ccc2c(c1)C1CCCNC1C2. The third-order valence-electron chi connectivity index (χ3n) is 3.85. The molecular formula is C13H17IN2O. The van der Waals surface area contributed by atoms with Gasteiger partial charge in [-0.2, -0.15) is 0 Å². The number of hydrogen-bond acceptors (Lipinski definition) is 2. The molecule has 0 spiro atoms. The summed E-state index contributed by atoms with van der Waals surface area (Å²) in [5.74, 6) is 0.262. The summed E-state index contributed by atoms with van der Waals surface area (Å²) in [6.07, 6.45) is 3.55. The van der Waals surface area contributed by atoms with E-state index >= 15 is 0 Å².